The molecular weight excluding hydrogens is 266 g/mol. The standard InChI is InChI=1S/C13H14ClN3O2/c1-13(2,12(18)19)17-10(7-3-4-7)16-9-5-8(14)6-15-11(9)17/h5-7H,3-4H2,1-2H3,(H,18,19). The van der Waals surface area contributed by atoms with Gasteiger partial charge in [0.1, 0.15) is 16.9 Å². The van der Waals surface area contributed by atoms with Crippen LogP contribution in [0.1, 0.15) is 38.4 Å². The van der Waals surface area contributed by atoms with Gasteiger partial charge < -0.3 is 5.11 Å². The van der Waals surface area contributed by atoms with Crippen molar-refractivity contribution in [2.24, 2.45) is 0 Å². The van der Waals surface area contributed by atoms with Gasteiger partial charge in [-0.15, -0.1) is 0 Å². The molecule has 0 spiro atoms. The number of aliphatic carboxylic acids is 1. The van der Waals surface area contributed by atoms with Gasteiger partial charge in [0, 0.05) is 12.1 Å². The van der Waals surface area contributed by atoms with Crippen LogP contribution in [0.2, 0.25) is 5.02 Å². The largest absolute Gasteiger partial charge is 0.480 e. The minimum atomic E-state index is -1.08. The van der Waals surface area contributed by atoms with Crippen LogP contribution in [0.5, 0.6) is 0 Å². The fourth-order valence-electron chi connectivity index (χ4n) is 2.22. The number of carboxylic acids is 1. The molecule has 2 aromatic heterocycles. The summed E-state index contributed by atoms with van der Waals surface area (Å²) in [5.41, 5.74) is 0.162. The van der Waals surface area contributed by atoms with E-state index < -0.39 is 11.5 Å². The Kier molecular flexibility index (Phi) is 2.57. The van der Waals surface area contributed by atoms with E-state index in [1.54, 1.807) is 24.5 Å². The summed E-state index contributed by atoms with van der Waals surface area (Å²) in [6.07, 6.45) is 3.62. The number of halogens is 1. The molecule has 0 aliphatic heterocycles. The Hall–Kier alpha value is -1.62. The lowest BCUT2D eigenvalue weighted by Gasteiger charge is -2.24. The van der Waals surface area contributed by atoms with Gasteiger partial charge >= 0.3 is 5.97 Å². The molecule has 2 aromatic rings. The van der Waals surface area contributed by atoms with Crippen LogP contribution in [0.4, 0.5) is 0 Å². The number of pyridine rings is 1. The molecule has 1 aliphatic rings. The number of carboxylic acid groups (broad SMARTS) is 1. The number of carbonyl (C=O) groups is 1. The van der Waals surface area contributed by atoms with Crippen molar-refractivity contribution in [3.8, 4) is 0 Å². The van der Waals surface area contributed by atoms with E-state index in [9.17, 15) is 9.90 Å². The Morgan fingerprint density at radius 1 is 1.53 bits per heavy atom. The van der Waals surface area contributed by atoms with Crippen LogP contribution in [-0.4, -0.2) is 25.6 Å². The van der Waals surface area contributed by atoms with E-state index in [2.05, 4.69) is 9.97 Å². The highest BCUT2D eigenvalue weighted by Crippen LogP contribution is 2.42. The van der Waals surface area contributed by atoms with E-state index in [1.807, 2.05) is 0 Å². The first-order valence-electron chi connectivity index (χ1n) is 6.19. The van der Waals surface area contributed by atoms with E-state index in [4.69, 9.17) is 11.6 Å². The lowest BCUT2D eigenvalue weighted by atomic mass is 10.1. The molecule has 6 heteroatoms. The quantitative estimate of drug-likeness (QED) is 0.938. The number of rotatable bonds is 3. The van der Waals surface area contributed by atoms with E-state index in [0.717, 1.165) is 18.7 Å². The van der Waals surface area contributed by atoms with Crippen molar-refractivity contribution in [2.45, 2.75) is 38.1 Å². The Bertz CT molecular complexity index is 674. The van der Waals surface area contributed by atoms with Crippen molar-refractivity contribution in [2.75, 3.05) is 0 Å². The molecular formula is C13H14ClN3O2. The summed E-state index contributed by atoms with van der Waals surface area (Å²) in [6, 6.07) is 1.73. The molecule has 2 heterocycles. The van der Waals surface area contributed by atoms with Gasteiger partial charge in [0.15, 0.2) is 5.65 Å². The van der Waals surface area contributed by atoms with Crippen LogP contribution in [0.25, 0.3) is 11.2 Å². The first-order chi connectivity index (χ1) is 8.91. The molecule has 1 fully saturated rings. The van der Waals surface area contributed by atoms with E-state index >= 15 is 0 Å². The van der Waals surface area contributed by atoms with Crippen molar-refractivity contribution >= 4 is 28.7 Å². The maximum absolute atomic E-state index is 11.5. The summed E-state index contributed by atoms with van der Waals surface area (Å²) in [7, 11) is 0. The van der Waals surface area contributed by atoms with Crippen LogP contribution in [0, 0.1) is 0 Å². The molecule has 1 saturated carbocycles. The molecule has 100 valence electrons. The predicted octanol–water partition coefficient (Wildman–Crippen LogP) is 2.78. The van der Waals surface area contributed by atoms with Gasteiger partial charge in [-0.2, -0.15) is 0 Å². The maximum atomic E-state index is 11.5. The molecule has 0 radical (unpaired) electrons. The highest BCUT2D eigenvalue weighted by molar-refractivity contribution is 6.31. The normalized spacial score (nSPS) is 15.9. The van der Waals surface area contributed by atoms with E-state index in [1.165, 1.54) is 6.20 Å². The Morgan fingerprint density at radius 2 is 2.21 bits per heavy atom. The minimum absolute atomic E-state index is 0.339. The zero-order chi connectivity index (χ0) is 13.8. The number of nitrogens with zero attached hydrogens (tertiary/aromatic N) is 3. The van der Waals surface area contributed by atoms with Gasteiger partial charge in [0.05, 0.1) is 5.02 Å². The summed E-state index contributed by atoms with van der Waals surface area (Å²) in [5, 5.41) is 9.96. The molecule has 0 atom stereocenters. The molecule has 3 rings (SSSR count). The third kappa shape index (κ3) is 1.89. The molecule has 0 bridgehead atoms. The van der Waals surface area contributed by atoms with Crippen molar-refractivity contribution in [3.05, 3.63) is 23.1 Å². The SMILES string of the molecule is CC(C)(C(=O)O)n1c(C2CC2)nc2cc(Cl)cnc21. The van der Waals surface area contributed by atoms with Crippen molar-refractivity contribution in [1.29, 1.82) is 0 Å². The lowest BCUT2D eigenvalue weighted by molar-refractivity contribution is -0.145. The highest BCUT2D eigenvalue weighted by atomic mass is 35.5. The van der Waals surface area contributed by atoms with Crippen molar-refractivity contribution in [3.63, 3.8) is 0 Å². The molecule has 0 amide bonds. The number of hydrogen-bond acceptors (Lipinski definition) is 3. The number of hydrogen-bond donors (Lipinski definition) is 1. The predicted molar refractivity (Wildman–Crippen MR) is 71.5 cm³/mol. The first-order valence-corrected chi connectivity index (χ1v) is 6.57. The highest BCUT2D eigenvalue weighted by Gasteiger charge is 2.39. The Morgan fingerprint density at radius 3 is 2.79 bits per heavy atom. The Labute approximate surface area is 115 Å². The third-order valence-corrected chi connectivity index (χ3v) is 3.72. The number of aromatic nitrogens is 3. The minimum Gasteiger partial charge on any atom is -0.480 e. The third-order valence-electron chi connectivity index (χ3n) is 3.51. The van der Waals surface area contributed by atoms with Crippen molar-refractivity contribution in [1.82, 2.24) is 14.5 Å². The smallest absolute Gasteiger partial charge is 0.329 e. The van der Waals surface area contributed by atoms with Crippen molar-refractivity contribution < 1.29 is 9.90 Å². The van der Waals surface area contributed by atoms with Crippen LogP contribution < -0.4 is 0 Å². The van der Waals surface area contributed by atoms with Gasteiger partial charge in [0.25, 0.3) is 0 Å². The topological polar surface area (TPSA) is 68.0 Å². The second-order valence-corrected chi connectivity index (χ2v) is 5.88. The number of fused-ring (bicyclic) bond motifs is 1. The second kappa shape index (κ2) is 3.93. The van der Waals surface area contributed by atoms with Crippen LogP contribution in [0.3, 0.4) is 0 Å². The molecule has 0 aromatic carbocycles. The van der Waals surface area contributed by atoms with Gasteiger partial charge in [-0.05, 0) is 32.8 Å². The zero-order valence-corrected chi connectivity index (χ0v) is 11.5. The summed E-state index contributed by atoms with van der Waals surface area (Å²) in [4.78, 5) is 20.3. The summed E-state index contributed by atoms with van der Waals surface area (Å²) >= 11 is 5.92. The first kappa shape index (κ1) is 12.4. The number of imidazole rings is 1. The van der Waals surface area contributed by atoms with Gasteiger partial charge in [-0.25, -0.2) is 14.8 Å². The average Bonchev–Trinajstić information content (AvgIpc) is 3.09. The van der Waals surface area contributed by atoms with E-state index in [-0.39, 0.29) is 0 Å². The maximum Gasteiger partial charge on any atom is 0.329 e. The van der Waals surface area contributed by atoms with Gasteiger partial charge in [-0.1, -0.05) is 11.6 Å². The summed E-state index contributed by atoms with van der Waals surface area (Å²) in [6.45, 7) is 3.33. The van der Waals surface area contributed by atoms with Gasteiger partial charge in [-0.3, -0.25) is 4.57 Å². The Balaban J connectivity index is 2.31. The molecule has 0 unspecified atom stereocenters. The zero-order valence-electron chi connectivity index (χ0n) is 10.7. The molecule has 5 nitrogen and oxygen atoms in total. The fourth-order valence-corrected chi connectivity index (χ4v) is 2.37. The molecule has 19 heavy (non-hydrogen) atoms. The monoisotopic (exact) mass is 279 g/mol. The van der Waals surface area contributed by atoms with E-state index in [0.29, 0.717) is 22.1 Å². The average molecular weight is 280 g/mol. The summed E-state index contributed by atoms with van der Waals surface area (Å²) in [5.74, 6) is 0.245. The van der Waals surface area contributed by atoms with Crippen LogP contribution >= 0.6 is 11.6 Å². The fraction of sp³-hybridized carbons (Fsp3) is 0.462. The van der Waals surface area contributed by atoms with Crippen LogP contribution in [-0.2, 0) is 10.3 Å². The lowest BCUT2D eigenvalue weighted by Crippen LogP contribution is -2.37. The molecule has 1 N–H and O–H groups in total. The molecule has 0 saturated heterocycles. The second-order valence-electron chi connectivity index (χ2n) is 5.44. The van der Waals surface area contributed by atoms with Gasteiger partial charge in [0.2, 0.25) is 0 Å². The summed E-state index contributed by atoms with van der Waals surface area (Å²) < 4.78 is 1.73. The molecule has 1 aliphatic carbocycles. The van der Waals surface area contributed by atoms with Crippen LogP contribution in [0.15, 0.2) is 12.3 Å².